The predicted molar refractivity (Wildman–Crippen MR) is 64.4 cm³/mol. The summed E-state index contributed by atoms with van der Waals surface area (Å²) in [5.41, 5.74) is 3.93. The van der Waals surface area contributed by atoms with E-state index < -0.39 is 6.10 Å². The van der Waals surface area contributed by atoms with Crippen LogP contribution in [0.5, 0.6) is 0 Å². The molecule has 0 aromatic heterocycles. The molecular formula is C11H18N4O. The summed E-state index contributed by atoms with van der Waals surface area (Å²) in [6.45, 7) is 2.02. The van der Waals surface area contributed by atoms with Crippen molar-refractivity contribution in [1.29, 1.82) is 0 Å². The average molecular weight is 222 g/mol. The number of hydrazone groups is 1. The van der Waals surface area contributed by atoms with Crippen LogP contribution in [-0.4, -0.2) is 10.9 Å². The molecule has 0 spiro atoms. The molecule has 1 aromatic rings. The lowest BCUT2D eigenvalue weighted by Crippen LogP contribution is -2.33. The van der Waals surface area contributed by atoms with Crippen LogP contribution in [0.3, 0.4) is 0 Å². The average Bonchev–Trinajstić information content (AvgIpc) is 2.31. The fourth-order valence-corrected chi connectivity index (χ4v) is 1.62. The highest BCUT2D eigenvalue weighted by atomic mass is 16.3. The summed E-state index contributed by atoms with van der Waals surface area (Å²) in [5, 5.41) is 13.5. The van der Waals surface area contributed by atoms with Gasteiger partial charge in [-0.05, 0) is 12.0 Å². The molecule has 0 saturated carbocycles. The normalized spacial score (nSPS) is 13.6. The number of aliphatic hydroxyl groups is 1. The summed E-state index contributed by atoms with van der Waals surface area (Å²) in [5.74, 6) is 10.9. The van der Waals surface area contributed by atoms with Crippen LogP contribution in [0.4, 0.5) is 0 Å². The third-order valence-electron chi connectivity index (χ3n) is 2.40. The number of aliphatic hydroxyl groups excluding tert-OH is 1. The molecule has 0 heterocycles. The maximum absolute atomic E-state index is 9.98. The van der Waals surface area contributed by atoms with Gasteiger partial charge in [-0.25, -0.2) is 5.84 Å². The van der Waals surface area contributed by atoms with Crippen LogP contribution in [0.1, 0.15) is 37.0 Å². The van der Waals surface area contributed by atoms with Crippen LogP contribution >= 0.6 is 0 Å². The van der Waals surface area contributed by atoms with Gasteiger partial charge in [-0.3, -0.25) is 0 Å². The van der Waals surface area contributed by atoms with E-state index in [1.165, 1.54) is 0 Å². The van der Waals surface area contributed by atoms with Crippen LogP contribution in [-0.2, 0) is 0 Å². The first-order valence-corrected chi connectivity index (χ1v) is 5.26. The van der Waals surface area contributed by atoms with Crippen molar-refractivity contribution in [3.8, 4) is 0 Å². The minimum Gasteiger partial charge on any atom is -0.388 e. The third-order valence-corrected chi connectivity index (χ3v) is 2.40. The topological polar surface area (TPSA) is 96.7 Å². The summed E-state index contributed by atoms with van der Waals surface area (Å²) < 4.78 is 0. The number of amidine groups is 1. The fourth-order valence-electron chi connectivity index (χ4n) is 1.62. The van der Waals surface area contributed by atoms with Crippen molar-refractivity contribution in [1.82, 2.24) is 5.43 Å². The van der Waals surface area contributed by atoms with Crippen molar-refractivity contribution in [3.63, 3.8) is 0 Å². The number of hydrogen-bond acceptors (Lipinski definition) is 4. The van der Waals surface area contributed by atoms with Crippen LogP contribution in [0, 0.1) is 0 Å². The van der Waals surface area contributed by atoms with E-state index in [0.29, 0.717) is 12.3 Å². The van der Waals surface area contributed by atoms with E-state index >= 15 is 0 Å². The Morgan fingerprint density at radius 1 is 1.50 bits per heavy atom. The Labute approximate surface area is 95.1 Å². The molecule has 0 amide bonds. The zero-order valence-electron chi connectivity index (χ0n) is 9.35. The molecule has 0 bridgehead atoms. The van der Waals surface area contributed by atoms with E-state index in [0.717, 1.165) is 17.5 Å². The van der Waals surface area contributed by atoms with Crippen LogP contribution in [0.25, 0.3) is 0 Å². The van der Waals surface area contributed by atoms with Gasteiger partial charge in [-0.1, -0.05) is 37.6 Å². The molecule has 88 valence electrons. The lowest BCUT2D eigenvalue weighted by Gasteiger charge is -2.15. The van der Waals surface area contributed by atoms with E-state index in [2.05, 4.69) is 10.5 Å². The van der Waals surface area contributed by atoms with E-state index in [-0.39, 0.29) is 0 Å². The Morgan fingerprint density at radius 2 is 2.19 bits per heavy atom. The first-order valence-electron chi connectivity index (χ1n) is 5.26. The number of nitrogens with zero attached hydrogens (tertiary/aromatic N) is 1. The summed E-state index contributed by atoms with van der Waals surface area (Å²) >= 11 is 0. The molecule has 1 rings (SSSR count). The van der Waals surface area contributed by atoms with Gasteiger partial charge in [0.25, 0.3) is 0 Å². The number of nitrogens with one attached hydrogen (secondary N) is 1. The minimum absolute atomic E-state index is 0.366. The zero-order valence-corrected chi connectivity index (χ0v) is 9.35. The second kappa shape index (κ2) is 6.09. The van der Waals surface area contributed by atoms with Gasteiger partial charge >= 0.3 is 0 Å². The lowest BCUT2D eigenvalue weighted by atomic mass is 9.99. The third kappa shape index (κ3) is 2.71. The molecule has 1 unspecified atom stereocenters. The number of hydrogen-bond donors (Lipinski definition) is 4. The Kier molecular flexibility index (Phi) is 4.75. The van der Waals surface area contributed by atoms with Gasteiger partial charge in [0.15, 0.2) is 5.84 Å². The van der Waals surface area contributed by atoms with Crippen molar-refractivity contribution in [3.05, 3.63) is 35.4 Å². The second-order valence-electron chi connectivity index (χ2n) is 3.51. The maximum Gasteiger partial charge on any atom is 0.167 e. The van der Waals surface area contributed by atoms with Gasteiger partial charge in [0.1, 0.15) is 0 Å². The fraction of sp³-hybridized carbons (Fsp3) is 0.364. The molecule has 1 atom stereocenters. The smallest absolute Gasteiger partial charge is 0.167 e. The largest absolute Gasteiger partial charge is 0.388 e. The van der Waals surface area contributed by atoms with Gasteiger partial charge < -0.3 is 16.4 Å². The number of nitrogens with two attached hydrogens (primary N) is 2. The van der Waals surface area contributed by atoms with Crippen molar-refractivity contribution in [2.75, 3.05) is 0 Å². The Morgan fingerprint density at radius 3 is 2.75 bits per heavy atom. The Balaban J connectivity index is 3.09. The summed E-state index contributed by atoms with van der Waals surface area (Å²) in [6.07, 6.45) is 1.08. The molecule has 1 aromatic carbocycles. The molecule has 16 heavy (non-hydrogen) atoms. The monoisotopic (exact) mass is 222 g/mol. The second-order valence-corrected chi connectivity index (χ2v) is 3.51. The van der Waals surface area contributed by atoms with E-state index in [9.17, 15) is 5.11 Å². The van der Waals surface area contributed by atoms with Crippen molar-refractivity contribution in [2.45, 2.75) is 25.9 Å². The summed E-state index contributed by atoms with van der Waals surface area (Å²) in [7, 11) is 0. The molecule has 5 heteroatoms. The van der Waals surface area contributed by atoms with Gasteiger partial charge in [-0.15, -0.1) is 0 Å². The van der Waals surface area contributed by atoms with Crippen LogP contribution in [0.15, 0.2) is 29.4 Å². The van der Waals surface area contributed by atoms with Crippen molar-refractivity contribution in [2.24, 2.45) is 16.8 Å². The zero-order chi connectivity index (χ0) is 12.0. The van der Waals surface area contributed by atoms with Crippen molar-refractivity contribution >= 4 is 5.84 Å². The first kappa shape index (κ1) is 12.5. The van der Waals surface area contributed by atoms with Gasteiger partial charge in [0.05, 0.1) is 6.10 Å². The molecule has 0 aliphatic rings. The molecule has 0 saturated heterocycles. The Bertz CT molecular complexity index is 365. The van der Waals surface area contributed by atoms with Gasteiger partial charge in [0.2, 0.25) is 0 Å². The highest BCUT2D eigenvalue weighted by Crippen LogP contribution is 2.22. The SMILES string of the molecule is CCCC(O)c1ccccc1/C(=N/N)NN. The highest BCUT2D eigenvalue weighted by molar-refractivity contribution is 5.99. The molecule has 6 N–H and O–H groups in total. The number of rotatable bonds is 4. The minimum atomic E-state index is -0.522. The number of hydrazine groups is 1. The molecular weight excluding hydrogens is 204 g/mol. The molecule has 0 radical (unpaired) electrons. The summed E-state index contributed by atoms with van der Waals surface area (Å²) in [4.78, 5) is 0. The molecule has 0 fully saturated rings. The number of benzene rings is 1. The maximum atomic E-state index is 9.98. The lowest BCUT2D eigenvalue weighted by molar-refractivity contribution is 0.166. The van der Waals surface area contributed by atoms with Crippen LogP contribution in [0.2, 0.25) is 0 Å². The van der Waals surface area contributed by atoms with Crippen LogP contribution < -0.4 is 17.1 Å². The van der Waals surface area contributed by atoms with Crippen molar-refractivity contribution < 1.29 is 5.11 Å². The van der Waals surface area contributed by atoms with E-state index in [1.54, 1.807) is 0 Å². The molecule has 0 aliphatic carbocycles. The highest BCUT2D eigenvalue weighted by Gasteiger charge is 2.14. The molecule has 0 aliphatic heterocycles. The predicted octanol–water partition coefficient (Wildman–Crippen LogP) is 0.604. The standard InChI is InChI=1S/C11H18N4O/c1-2-5-10(16)8-6-3-4-7-9(8)11(14-12)15-13/h3-4,6-7,10,16H,2,5,12-13H2,1H3,(H,14,15). The van der Waals surface area contributed by atoms with Gasteiger partial charge in [-0.2, -0.15) is 5.10 Å². The van der Waals surface area contributed by atoms with E-state index in [1.807, 2.05) is 31.2 Å². The Hall–Kier alpha value is -1.59. The van der Waals surface area contributed by atoms with Gasteiger partial charge in [0, 0.05) is 5.56 Å². The summed E-state index contributed by atoms with van der Waals surface area (Å²) in [6, 6.07) is 7.38. The quantitative estimate of drug-likeness (QED) is 0.259. The first-order chi connectivity index (χ1) is 7.74. The molecule has 5 nitrogen and oxygen atoms in total. The van der Waals surface area contributed by atoms with E-state index in [4.69, 9.17) is 11.7 Å².